The molecule has 1 heterocycles. The molecule has 0 radical (unpaired) electrons. The molecular weight excluding hydrogens is 292 g/mol. The first-order valence-electron chi connectivity index (χ1n) is 9.03. The van der Waals surface area contributed by atoms with Crippen LogP contribution in [0, 0.1) is 12.8 Å². The highest BCUT2D eigenvalue weighted by Crippen LogP contribution is 2.27. The van der Waals surface area contributed by atoms with Crippen molar-refractivity contribution in [2.45, 2.75) is 39.0 Å². The highest BCUT2D eigenvalue weighted by molar-refractivity contribution is 5.83. The molecule has 24 heavy (non-hydrogen) atoms. The van der Waals surface area contributed by atoms with E-state index in [4.69, 9.17) is 4.98 Å². The van der Waals surface area contributed by atoms with Crippen molar-refractivity contribution in [3.8, 4) is 11.1 Å². The van der Waals surface area contributed by atoms with E-state index in [1.54, 1.807) is 0 Å². The highest BCUT2D eigenvalue weighted by atomic mass is 14.9. The Bertz CT molecular complexity index is 867. The molecular formula is C22H24N2. The molecule has 1 fully saturated rings. The summed E-state index contributed by atoms with van der Waals surface area (Å²) in [6.45, 7) is 2.16. The minimum absolute atomic E-state index is 0.731. The zero-order valence-corrected chi connectivity index (χ0v) is 14.3. The standard InChI is InChI=1S/C22H24N2/c1-16-7-5-6-10-19(16)18-12-13-20-21(15-18)24-22(23-20)14-11-17-8-3-2-4-9-17/h5-7,10-15,17H,2-4,8-9H2,1H3,(H,23,24). The summed E-state index contributed by atoms with van der Waals surface area (Å²) in [5.74, 6) is 1.70. The Morgan fingerprint density at radius 2 is 1.88 bits per heavy atom. The lowest BCUT2D eigenvalue weighted by molar-refractivity contribution is 0.420. The van der Waals surface area contributed by atoms with Crippen LogP contribution in [-0.2, 0) is 0 Å². The molecule has 2 nitrogen and oxygen atoms in total. The Kier molecular flexibility index (Phi) is 4.20. The summed E-state index contributed by atoms with van der Waals surface area (Å²) in [5, 5.41) is 0. The van der Waals surface area contributed by atoms with Gasteiger partial charge >= 0.3 is 0 Å². The monoisotopic (exact) mass is 316 g/mol. The van der Waals surface area contributed by atoms with Crippen LogP contribution < -0.4 is 0 Å². The van der Waals surface area contributed by atoms with Gasteiger partial charge in [0.15, 0.2) is 0 Å². The Morgan fingerprint density at radius 1 is 1.04 bits per heavy atom. The number of aryl methyl sites for hydroxylation is 1. The van der Waals surface area contributed by atoms with Crippen LogP contribution in [0.2, 0.25) is 0 Å². The quantitative estimate of drug-likeness (QED) is 0.618. The topological polar surface area (TPSA) is 28.7 Å². The zero-order chi connectivity index (χ0) is 16.4. The lowest BCUT2D eigenvalue weighted by Gasteiger charge is -2.17. The van der Waals surface area contributed by atoms with Crippen LogP contribution in [0.3, 0.4) is 0 Å². The average Bonchev–Trinajstić information content (AvgIpc) is 3.03. The van der Waals surface area contributed by atoms with E-state index in [1.807, 2.05) is 0 Å². The number of imidazole rings is 1. The third-order valence-electron chi connectivity index (χ3n) is 5.13. The summed E-state index contributed by atoms with van der Waals surface area (Å²) in [6, 6.07) is 15.0. The van der Waals surface area contributed by atoms with Gasteiger partial charge in [0.05, 0.1) is 11.0 Å². The molecule has 3 aromatic rings. The van der Waals surface area contributed by atoms with E-state index in [2.05, 4.69) is 66.5 Å². The molecule has 122 valence electrons. The molecule has 1 aliphatic carbocycles. The fraction of sp³-hybridized carbons (Fsp3) is 0.318. The van der Waals surface area contributed by atoms with Crippen LogP contribution >= 0.6 is 0 Å². The average molecular weight is 316 g/mol. The molecule has 0 saturated heterocycles. The third kappa shape index (κ3) is 3.14. The van der Waals surface area contributed by atoms with E-state index < -0.39 is 0 Å². The predicted molar refractivity (Wildman–Crippen MR) is 102 cm³/mol. The maximum Gasteiger partial charge on any atom is 0.130 e. The summed E-state index contributed by atoms with van der Waals surface area (Å²) in [5.41, 5.74) is 5.98. The Morgan fingerprint density at radius 3 is 2.71 bits per heavy atom. The van der Waals surface area contributed by atoms with E-state index >= 15 is 0 Å². The molecule has 0 unspecified atom stereocenters. The number of hydrogen-bond acceptors (Lipinski definition) is 1. The van der Waals surface area contributed by atoms with Crippen molar-refractivity contribution in [2.75, 3.05) is 0 Å². The van der Waals surface area contributed by atoms with Gasteiger partial charge in [-0.1, -0.05) is 55.7 Å². The highest BCUT2D eigenvalue weighted by Gasteiger charge is 2.10. The van der Waals surface area contributed by atoms with Gasteiger partial charge in [-0.05, 0) is 60.6 Å². The van der Waals surface area contributed by atoms with Crippen molar-refractivity contribution < 1.29 is 0 Å². The maximum absolute atomic E-state index is 4.71. The second-order valence-electron chi connectivity index (χ2n) is 6.93. The Labute approximate surface area is 143 Å². The van der Waals surface area contributed by atoms with Crippen molar-refractivity contribution in [1.82, 2.24) is 9.97 Å². The van der Waals surface area contributed by atoms with E-state index in [-0.39, 0.29) is 0 Å². The fourth-order valence-electron chi connectivity index (χ4n) is 3.73. The first-order valence-corrected chi connectivity index (χ1v) is 9.03. The Balaban J connectivity index is 1.61. The van der Waals surface area contributed by atoms with E-state index in [0.29, 0.717) is 0 Å². The lowest BCUT2D eigenvalue weighted by atomic mass is 9.89. The third-order valence-corrected chi connectivity index (χ3v) is 5.13. The van der Waals surface area contributed by atoms with Crippen molar-refractivity contribution in [3.05, 3.63) is 59.9 Å². The number of nitrogens with one attached hydrogen (secondary N) is 1. The Hall–Kier alpha value is -2.35. The fourth-order valence-corrected chi connectivity index (χ4v) is 3.73. The first-order chi connectivity index (χ1) is 11.8. The number of allylic oxidation sites excluding steroid dienone is 1. The van der Waals surface area contributed by atoms with E-state index in [0.717, 1.165) is 22.8 Å². The first kappa shape index (κ1) is 15.2. The molecule has 0 bridgehead atoms. The molecule has 1 N–H and O–H groups in total. The molecule has 2 heteroatoms. The normalized spacial score (nSPS) is 16.2. The van der Waals surface area contributed by atoms with Gasteiger partial charge in [0.25, 0.3) is 0 Å². The zero-order valence-electron chi connectivity index (χ0n) is 14.3. The van der Waals surface area contributed by atoms with Crippen LogP contribution in [-0.4, -0.2) is 9.97 Å². The van der Waals surface area contributed by atoms with Gasteiger partial charge in [-0.2, -0.15) is 0 Å². The predicted octanol–water partition coefficient (Wildman–Crippen LogP) is 6.13. The lowest BCUT2D eigenvalue weighted by Crippen LogP contribution is -2.02. The molecule has 2 aromatic carbocycles. The SMILES string of the molecule is Cc1ccccc1-c1ccc2nc(C=CC3CCCCC3)[nH]c2c1. The summed E-state index contributed by atoms with van der Waals surface area (Å²) in [4.78, 5) is 8.18. The number of nitrogens with zero attached hydrogens (tertiary/aromatic N) is 1. The van der Waals surface area contributed by atoms with Crippen LogP contribution in [0.4, 0.5) is 0 Å². The van der Waals surface area contributed by atoms with Crippen LogP contribution in [0.15, 0.2) is 48.5 Å². The van der Waals surface area contributed by atoms with Crippen molar-refractivity contribution in [3.63, 3.8) is 0 Å². The number of rotatable bonds is 3. The van der Waals surface area contributed by atoms with Gasteiger partial charge in [-0.3, -0.25) is 0 Å². The summed E-state index contributed by atoms with van der Waals surface area (Å²) >= 11 is 0. The number of aromatic amines is 1. The largest absolute Gasteiger partial charge is 0.338 e. The molecule has 0 atom stereocenters. The minimum atomic E-state index is 0.731. The summed E-state index contributed by atoms with van der Waals surface area (Å²) in [6.07, 6.45) is 11.3. The van der Waals surface area contributed by atoms with Gasteiger partial charge in [-0.25, -0.2) is 4.98 Å². The molecule has 1 aromatic heterocycles. The minimum Gasteiger partial charge on any atom is -0.338 e. The van der Waals surface area contributed by atoms with Gasteiger partial charge in [-0.15, -0.1) is 0 Å². The number of benzene rings is 2. The van der Waals surface area contributed by atoms with Gasteiger partial charge in [0, 0.05) is 0 Å². The summed E-state index contributed by atoms with van der Waals surface area (Å²) in [7, 11) is 0. The van der Waals surface area contributed by atoms with Gasteiger partial charge < -0.3 is 4.98 Å². The van der Waals surface area contributed by atoms with E-state index in [9.17, 15) is 0 Å². The maximum atomic E-state index is 4.71. The smallest absolute Gasteiger partial charge is 0.130 e. The second-order valence-corrected chi connectivity index (χ2v) is 6.93. The van der Waals surface area contributed by atoms with Gasteiger partial charge in [0.2, 0.25) is 0 Å². The number of H-pyrrole nitrogens is 1. The van der Waals surface area contributed by atoms with Gasteiger partial charge in [0.1, 0.15) is 5.82 Å². The molecule has 1 aliphatic rings. The second kappa shape index (κ2) is 6.64. The molecule has 0 aliphatic heterocycles. The molecule has 0 spiro atoms. The van der Waals surface area contributed by atoms with Crippen molar-refractivity contribution in [2.24, 2.45) is 5.92 Å². The number of fused-ring (bicyclic) bond motifs is 1. The van der Waals surface area contributed by atoms with Crippen LogP contribution in [0.5, 0.6) is 0 Å². The van der Waals surface area contributed by atoms with Crippen molar-refractivity contribution in [1.29, 1.82) is 0 Å². The number of aromatic nitrogens is 2. The number of hydrogen-bond donors (Lipinski definition) is 1. The van der Waals surface area contributed by atoms with Crippen molar-refractivity contribution >= 4 is 17.1 Å². The van der Waals surface area contributed by atoms with Crippen LogP contribution in [0.25, 0.3) is 28.2 Å². The molecule has 4 rings (SSSR count). The van der Waals surface area contributed by atoms with Crippen LogP contribution in [0.1, 0.15) is 43.5 Å². The molecule has 1 saturated carbocycles. The summed E-state index contributed by atoms with van der Waals surface area (Å²) < 4.78 is 0. The van der Waals surface area contributed by atoms with E-state index in [1.165, 1.54) is 48.8 Å². The molecule has 0 amide bonds.